The number of carbonyl (C=O) groups excluding carboxylic acids is 6. The van der Waals surface area contributed by atoms with Gasteiger partial charge in [-0.2, -0.15) is 0 Å². The van der Waals surface area contributed by atoms with Crippen LogP contribution in [0, 0.1) is 29.4 Å². The number of alkyl carbamates (subject to hydrolysis) is 1. The van der Waals surface area contributed by atoms with E-state index in [1.165, 1.54) is 116 Å². The molecule has 0 aromatic heterocycles. The third kappa shape index (κ3) is 79.7. The monoisotopic (exact) mass is 1680 g/mol. The zero-order valence-corrected chi connectivity index (χ0v) is 77.3. The molecule has 0 saturated carbocycles. The molecule has 2 heterocycles. The van der Waals surface area contributed by atoms with Crippen molar-refractivity contribution in [2.45, 2.75) is 283 Å². The number of carbonyl (C=O) groups is 6. The van der Waals surface area contributed by atoms with E-state index in [9.17, 15) is 37.5 Å². The average molecular weight is 1680 g/mol. The molecule has 0 bridgehead atoms. The maximum atomic E-state index is 13.1. The number of amides is 6. The second-order valence-electron chi connectivity index (χ2n) is 29.8. The zero-order valence-electron chi connectivity index (χ0n) is 76.5. The summed E-state index contributed by atoms with van der Waals surface area (Å²) >= 11 is 5.71. The Hall–Kier alpha value is -7.37. The number of hydrogen-bond donors (Lipinski definition) is 12. The SMILES string of the molecule is CCC(C)CN.CCC1CCCNC1.CCC1CCCNC1.CCCCCN.CCCCN.CCCCN.CCCCNC(=O)OC(C)(C)C.CCCCNC(=O)c1ccc(Cl)cc1.CCCCNC(=O)c1ccc(F)cc1F.CCCCNC(=O)c1ccccc1.CCCCNC(=O)c1ccccc1.CCCCNC(=O)c1ccccc1. The quantitative estimate of drug-likeness (QED) is 0.0171. The molecule has 19 nitrogen and oxygen atoms in total. The van der Waals surface area contributed by atoms with Crippen LogP contribution >= 0.6 is 11.6 Å². The second kappa shape index (κ2) is 88.9. The lowest BCUT2D eigenvalue weighted by molar-refractivity contribution is 0.0526. The van der Waals surface area contributed by atoms with E-state index in [0.717, 1.165) is 170 Å². The lowest BCUT2D eigenvalue weighted by atomic mass is 9.97. The molecule has 5 aromatic carbocycles. The van der Waals surface area contributed by atoms with Gasteiger partial charge in [0.2, 0.25) is 0 Å². The van der Waals surface area contributed by atoms with Crippen LogP contribution in [-0.2, 0) is 4.74 Å². The van der Waals surface area contributed by atoms with Crippen LogP contribution < -0.4 is 65.5 Å². The van der Waals surface area contributed by atoms with E-state index in [2.05, 4.69) is 126 Å². The Bertz CT molecular complexity index is 2870. The molecule has 118 heavy (non-hydrogen) atoms. The van der Waals surface area contributed by atoms with Crippen LogP contribution in [0.1, 0.15) is 330 Å². The molecule has 3 atom stereocenters. The topological polar surface area (TPSA) is 312 Å². The molecule has 2 saturated heterocycles. The first-order valence-electron chi connectivity index (χ1n) is 44.7. The second-order valence-corrected chi connectivity index (χ2v) is 30.3. The predicted molar refractivity (Wildman–Crippen MR) is 499 cm³/mol. The molecule has 676 valence electrons. The van der Waals surface area contributed by atoms with E-state index in [1.54, 1.807) is 24.3 Å². The fourth-order valence-corrected chi connectivity index (χ4v) is 9.76. The maximum Gasteiger partial charge on any atom is 0.407 e. The first-order chi connectivity index (χ1) is 56.8. The van der Waals surface area contributed by atoms with Crippen LogP contribution in [0.25, 0.3) is 0 Å². The predicted octanol–water partition coefficient (Wildman–Crippen LogP) is 20.7. The minimum atomic E-state index is -0.830. The number of rotatable bonds is 34. The van der Waals surface area contributed by atoms with Gasteiger partial charge in [0, 0.05) is 72.6 Å². The van der Waals surface area contributed by atoms with Crippen molar-refractivity contribution in [1.29, 1.82) is 0 Å². The third-order valence-corrected chi connectivity index (χ3v) is 17.9. The summed E-state index contributed by atoms with van der Waals surface area (Å²) in [7, 11) is 0. The van der Waals surface area contributed by atoms with Crippen molar-refractivity contribution in [3.8, 4) is 0 Å². The summed E-state index contributed by atoms with van der Waals surface area (Å²) in [6.45, 7) is 46.0. The van der Waals surface area contributed by atoms with E-state index >= 15 is 0 Å². The molecule has 2 fully saturated rings. The van der Waals surface area contributed by atoms with Gasteiger partial charge in [-0.15, -0.1) is 0 Å². The van der Waals surface area contributed by atoms with Crippen molar-refractivity contribution in [1.82, 2.24) is 42.5 Å². The Morgan fingerprint density at radius 1 is 0.424 bits per heavy atom. The summed E-state index contributed by atoms with van der Waals surface area (Å²) in [4.78, 5) is 68.1. The largest absolute Gasteiger partial charge is 0.444 e. The number of halogens is 3. The fourth-order valence-electron chi connectivity index (χ4n) is 9.64. The smallest absolute Gasteiger partial charge is 0.407 e. The number of nitrogens with one attached hydrogen (secondary N) is 8. The molecule has 16 N–H and O–H groups in total. The molecule has 0 spiro atoms. The Morgan fingerprint density at radius 2 is 0.737 bits per heavy atom. The molecule has 0 radical (unpaired) electrons. The summed E-state index contributed by atoms with van der Waals surface area (Å²) < 4.78 is 30.7. The summed E-state index contributed by atoms with van der Waals surface area (Å²) in [5, 5.41) is 24.1. The zero-order chi connectivity index (χ0) is 89.5. The van der Waals surface area contributed by atoms with Gasteiger partial charge in [-0.3, -0.25) is 24.0 Å². The lowest BCUT2D eigenvalue weighted by Crippen LogP contribution is -2.32. The van der Waals surface area contributed by atoms with E-state index in [1.807, 2.05) is 119 Å². The molecule has 3 unspecified atom stereocenters. The highest BCUT2D eigenvalue weighted by Gasteiger charge is 2.16. The van der Waals surface area contributed by atoms with Crippen molar-refractivity contribution < 1.29 is 42.3 Å². The van der Waals surface area contributed by atoms with Gasteiger partial charge in [0.1, 0.15) is 17.2 Å². The first kappa shape index (κ1) is 119. The molecular weight excluding hydrogens is 1510 g/mol. The van der Waals surface area contributed by atoms with Gasteiger partial charge < -0.3 is 70.2 Å². The van der Waals surface area contributed by atoms with Crippen LogP contribution in [0.3, 0.4) is 0 Å². The van der Waals surface area contributed by atoms with Gasteiger partial charge in [0.25, 0.3) is 29.5 Å². The molecule has 22 heteroatoms. The minimum Gasteiger partial charge on any atom is -0.444 e. The van der Waals surface area contributed by atoms with Crippen molar-refractivity contribution in [2.75, 3.05) is 91.6 Å². The van der Waals surface area contributed by atoms with Crippen LogP contribution in [0.15, 0.2) is 133 Å². The van der Waals surface area contributed by atoms with E-state index in [4.69, 9.17) is 39.3 Å². The van der Waals surface area contributed by atoms with Crippen molar-refractivity contribution in [3.05, 3.63) is 178 Å². The van der Waals surface area contributed by atoms with E-state index in [0.29, 0.717) is 35.7 Å². The summed E-state index contributed by atoms with van der Waals surface area (Å²) in [5.74, 6) is 0.687. The van der Waals surface area contributed by atoms with Crippen molar-refractivity contribution in [2.24, 2.45) is 40.7 Å². The van der Waals surface area contributed by atoms with Gasteiger partial charge in [0.05, 0.1) is 5.56 Å². The molecular formula is C96H169ClF2N12O7. The van der Waals surface area contributed by atoms with Crippen molar-refractivity contribution in [3.63, 3.8) is 0 Å². The van der Waals surface area contributed by atoms with Crippen LogP contribution in [0.5, 0.6) is 0 Å². The highest BCUT2D eigenvalue weighted by Crippen LogP contribution is 2.15. The normalized spacial score (nSPS) is 12.8. The number of hydrogen-bond acceptors (Lipinski definition) is 13. The molecule has 2 aliphatic rings. The summed E-state index contributed by atoms with van der Waals surface area (Å²) in [5.41, 5.74) is 23.1. The van der Waals surface area contributed by atoms with Gasteiger partial charge >= 0.3 is 6.09 Å². The Labute approximate surface area is 721 Å². The Balaban J connectivity index is -0.000000400. The third-order valence-electron chi connectivity index (χ3n) is 17.6. The van der Waals surface area contributed by atoms with Crippen LogP contribution in [0.2, 0.25) is 5.02 Å². The number of unbranched alkanes of at least 4 members (excludes halogenated alkanes) is 10. The Morgan fingerprint density at radius 3 is 0.966 bits per heavy atom. The summed E-state index contributed by atoms with van der Waals surface area (Å²) in [6, 6.07) is 37.7. The lowest BCUT2D eigenvalue weighted by Gasteiger charge is -2.20. The minimum absolute atomic E-state index is 0.0223. The molecule has 5 aromatic rings. The molecule has 0 aliphatic carbocycles. The first-order valence-corrected chi connectivity index (χ1v) is 45.1. The van der Waals surface area contributed by atoms with Crippen LogP contribution in [0.4, 0.5) is 13.6 Å². The van der Waals surface area contributed by atoms with Crippen LogP contribution in [-0.4, -0.2) is 133 Å². The van der Waals surface area contributed by atoms with Gasteiger partial charge in [-0.25, -0.2) is 13.6 Å². The Kier molecular flexibility index (Phi) is 89.8. The summed E-state index contributed by atoms with van der Waals surface area (Å²) in [6.07, 6.45) is 30.2. The highest BCUT2D eigenvalue weighted by molar-refractivity contribution is 6.30. The van der Waals surface area contributed by atoms with Gasteiger partial charge in [-0.1, -0.05) is 240 Å². The standard InChI is InChI=1S/C11H14ClNO.C11H13F2NO.3C11H15NO.C9H19NO2.2C7H15N.2C5H13N.2C4H11N/c1-2-3-8-13-11(14)9-4-6-10(12)7-5-9;1-2-3-6-14-11(15)9-5-4-8(12)7-10(9)13;3*1-2-3-9-12-11(13)10-7-5-4-6-8-10;1-5-6-7-10-8(11)12-9(2,3)4;2*1-2-7-4-3-5-8-6-7;1-3-5(2)4-6;1-2-3-4-5-6;2*1-2-3-4-5/h4-7H,2-3,8H2,1H3,(H,13,14);4-5,7H,2-3,6H2,1H3,(H,14,15);3*4-8H,2-3,9H2,1H3,(H,12,13);5-7H2,1-4H3,(H,10,11);2*7-8H,2-6H2,1H3;5H,3-4,6H2,1-2H3;2-6H2,1H3;2*2-5H2,1H3. The average Bonchev–Trinajstić information content (AvgIpc) is 0.885. The number of nitrogens with two attached hydrogens (primary N) is 4. The molecule has 2 aliphatic heterocycles. The van der Waals surface area contributed by atoms with Gasteiger partial charge in [-0.05, 0) is 247 Å². The fraction of sp³-hybridized carbons (Fsp3) is 0.625. The van der Waals surface area contributed by atoms with E-state index in [-0.39, 0.29) is 35.3 Å². The highest BCUT2D eigenvalue weighted by atomic mass is 35.5. The maximum absolute atomic E-state index is 13.1. The molecule has 6 amide bonds. The molecule has 7 rings (SSSR count). The van der Waals surface area contributed by atoms with Crippen molar-refractivity contribution >= 4 is 47.2 Å². The van der Waals surface area contributed by atoms with E-state index < -0.39 is 23.1 Å². The number of benzene rings is 5. The number of piperidine rings is 2. The number of ether oxygens (including phenoxy) is 1. The van der Waals surface area contributed by atoms with Gasteiger partial charge in [0.15, 0.2) is 0 Å².